The van der Waals surface area contributed by atoms with E-state index >= 15 is 0 Å². The lowest BCUT2D eigenvalue weighted by molar-refractivity contribution is -0.200. The van der Waals surface area contributed by atoms with Gasteiger partial charge < -0.3 is 9.72 Å². The number of carbonyl (C=O) groups excluding carboxylic acids is 1. The molecule has 2 unspecified atom stereocenters. The monoisotopic (exact) mass is 234 g/mol. The minimum absolute atomic E-state index is 0.0467. The minimum Gasteiger partial charge on any atom is -0.459 e. The number of aromatic nitrogens is 2. The van der Waals surface area contributed by atoms with Gasteiger partial charge in [0.2, 0.25) is 0 Å². The van der Waals surface area contributed by atoms with Crippen molar-refractivity contribution in [1.82, 2.24) is 9.97 Å². The molecule has 7 heteroatoms. The maximum atomic E-state index is 11.8. The number of nitrogens with zero attached hydrogens (tertiary/aromatic N) is 1. The Morgan fingerprint density at radius 1 is 1.62 bits per heavy atom. The van der Waals surface area contributed by atoms with Crippen LogP contribution in [0.25, 0.3) is 0 Å². The molecule has 0 aromatic carbocycles. The molecule has 1 N–H and O–H groups in total. The first kappa shape index (κ1) is 11.0. The van der Waals surface area contributed by atoms with Gasteiger partial charge in [0.25, 0.3) is 0 Å². The van der Waals surface area contributed by atoms with E-state index in [-0.39, 0.29) is 18.4 Å². The lowest BCUT2D eigenvalue weighted by Gasteiger charge is -2.06. The Hall–Kier alpha value is -1.53. The maximum Gasteiger partial charge on any atom is 0.490 e. The van der Waals surface area contributed by atoms with Crippen LogP contribution in [0.3, 0.4) is 0 Å². The second-order valence-corrected chi connectivity index (χ2v) is 3.69. The highest BCUT2D eigenvalue weighted by Crippen LogP contribution is 2.46. The van der Waals surface area contributed by atoms with Crippen molar-refractivity contribution in [1.29, 1.82) is 0 Å². The Morgan fingerprint density at radius 2 is 2.38 bits per heavy atom. The lowest BCUT2D eigenvalue weighted by atomic mass is 10.2. The molecule has 16 heavy (non-hydrogen) atoms. The molecule has 1 aromatic rings. The van der Waals surface area contributed by atoms with Crippen molar-refractivity contribution in [3.8, 4) is 0 Å². The average Bonchev–Trinajstić information content (AvgIpc) is 2.75. The fourth-order valence-electron chi connectivity index (χ4n) is 1.53. The van der Waals surface area contributed by atoms with Gasteiger partial charge in [-0.15, -0.1) is 0 Å². The first-order chi connectivity index (χ1) is 7.48. The average molecular weight is 234 g/mol. The molecule has 1 aliphatic rings. The van der Waals surface area contributed by atoms with Crippen LogP contribution in [0.5, 0.6) is 0 Å². The third-order valence-corrected chi connectivity index (χ3v) is 2.48. The molecular formula is C9H9F3N2O2. The SMILES string of the molecule is O=C(OCC1CC1c1c[nH]cn1)C(F)(F)F. The molecule has 0 saturated heterocycles. The van der Waals surface area contributed by atoms with Crippen molar-refractivity contribution in [3.63, 3.8) is 0 Å². The summed E-state index contributed by atoms with van der Waals surface area (Å²) in [5, 5.41) is 0. The minimum atomic E-state index is -4.91. The Kier molecular flexibility index (Phi) is 2.61. The van der Waals surface area contributed by atoms with Crippen molar-refractivity contribution < 1.29 is 22.7 Å². The Morgan fingerprint density at radius 3 is 2.94 bits per heavy atom. The van der Waals surface area contributed by atoms with Crippen LogP contribution in [0.1, 0.15) is 18.0 Å². The summed E-state index contributed by atoms with van der Waals surface area (Å²) in [4.78, 5) is 17.2. The summed E-state index contributed by atoms with van der Waals surface area (Å²) in [6.45, 7) is -0.199. The zero-order valence-corrected chi connectivity index (χ0v) is 8.12. The van der Waals surface area contributed by atoms with E-state index in [4.69, 9.17) is 0 Å². The quantitative estimate of drug-likeness (QED) is 0.808. The van der Waals surface area contributed by atoms with Crippen LogP contribution >= 0.6 is 0 Å². The molecule has 0 radical (unpaired) electrons. The molecule has 2 atom stereocenters. The maximum absolute atomic E-state index is 11.8. The van der Waals surface area contributed by atoms with E-state index in [9.17, 15) is 18.0 Å². The van der Waals surface area contributed by atoms with Crippen molar-refractivity contribution in [2.24, 2.45) is 5.92 Å². The van der Waals surface area contributed by atoms with E-state index in [2.05, 4.69) is 14.7 Å². The predicted octanol–water partition coefficient (Wildman–Crippen LogP) is 1.62. The van der Waals surface area contributed by atoms with Gasteiger partial charge in [0.15, 0.2) is 0 Å². The summed E-state index contributed by atoms with van der Waals surface area (Å²) >= 11 is 0. The highest BCUT2D eigenvalue weighted by molar-refractivity contribution is 5.75. The molecule has 0 spiro atoms. The van der Waals surface area contributed by atoms with E-state index in [0.717, 1.165) is 5.69 Å². The van der Waals surface area contributed by atoms with Gasteiger partial charge in [-0.2, -0.15) is 13.2 Å². The first-order valence-corrected chi connectivity index (χ1v) is 4.71. The molecular weight excluding hydrogens is 225 g/mol. The van der Waals surface area contributed by atoms with Gasteiger partial charge in [-0.3, -0.25) is 0 Å². The van der Waals surface area contributed by atoms with Gasteiger partial charge >= 0.3 is 12.1 Å². The van der Waals surface area contributed by atoms with Gasteiger partial charge in [-0.1, -0.05) is 0 Å². The fraction of sp³-hybridized carbons (Fsp3) is 0.556. The fourth-order valence-corrected chi connectivity index (χ4v) is 1.53. The number of imidazole rings is 1. The number of nitrogens with one attached hydrogen (secondary N) is 1. The Bertz CT molecular complexity index is 375. The number of carbonyl (C=O) groups is 1. The second kappa shape index (κ2) is 3.80. The normalized spacial score (nSPS) is 24.2. The largest absolute Gasteiger partial charge is 0.490 e. The molecule has 1 fully saturated rings. The molecule has 1 saturated carbocycles. The molecule has 4 nitrogen and oxygen atoms in total. The van der Waals surface area contributed by atoms with E-state index in [1.165, 1.54) is 6.33 Å². The van der Waals surface area contributed by atoms with E-state index in [0.29, 0.717) is 6.42 Å². The number of halogens is 3. The first-order valence-electron chi connectivity index (χ1n) is 4.71. The molecule has 0 bridgehead atoms. The molecule has 1 heterocycles. The summed E-state index contributed by atoms with van der Waals surface area (Å²) in [7, 11) is 0. The zero-order valence-electron chi connectivity index (χ0n) is 8.12. The number of hydrogen-bond acceptors (Lipinski definition) is 3. The standard InChI is InChI=1S/C9H9F3N2O2/c10-9(11,12)8(15)16-3-5-1-6(5)7-2-13-4-14-7/h2,4-6H,1,3H2,(H,13,14). The van der Waals surface area contributed by atoms with Crippen LogP contribution in [0.15, 0.2) is 12.5 Å². The third kappa shape index (κ3) is 2.34. The van der Waals surface area contributed by atoms with Crippen molar-refractivity contribution in [3.05, 3.63) is 18.2 Å². The molecule has 1 aromatic heterocycles. The number of alkyl halides is 3. The summed E-state index contributed by atoms with van der Waals surface area (Å²) in [5.41, 5.74) is 0.799. The van der Waals surface area contributed by atoms with Crippen LogP contribution in [0.4, 0.5) is 13.2 Å². The molecule has 0 amide bonds. The number of esters is 1. The zero-order chi connectivity index (χ0) is 11.8. The van der Waals surface area contributed by atoms with Crippen LogP contribution < -0.4 is 0 Å². The highest BCUT2D eigenvalue weighted by Gasteiger charge is 2.45. The predicted molar refractivity (Wildman–Crippen MR) is 46.4 cm³/mol. The lowest BCUT2D eigenvalue weighted by Crippen LogP contribution is -2.26. The van der Waals surface area contributed by atoms with Crippen LogP contribution in [-0.4, -0.2) is 28.7 Å². The van der Waals surface area contributed by atoms with E-state index in [1.54, 1.807) is 6.20 Å². The van der Waals surface area contributed by atoms with Crippen molar-refractivity contribution in [2.45, 2.75) is 18.5 Å². The van der Waals surface area contributed by atoms with Crippen molar-refractivity contribution in [2.75, 3.05) is 6.61 Å². The van der Waals surface area contributed by atoms with Crippen LogP contribution in [-0.2, 0) is 9.53 Å². The summed E-state index contributed by atoms with van der Waals surface area (Å²) < 4.78 is 39.6. The topological polar surface area (TPSA) is 55.0 Å². The number of hydrogen-bond donors (Lipinski definition) is 1. The van der Waals surface area contributed by atoms with Gasteiger partial charge in [0.05, 0.1) is 18.6 Å². The number of H-pyrrole nitrogens is 1. The Balaban J connectivity index is 1.76. The van der Waals surface area contributed by atoms with Gasteiger partial charge in [0, 0.05) is 18.0 Å². The van der Waals surface area contributed by atoms with Crippen LogP contribution in [0, 0.1) is 5.92 Å². The highest BCUT2D eigenvalue weighted by atomic mass is 19.4. The summed E-state index contributed by atoms with van der Waals surface area (Å²) in [5.74, 6) is -2.07. The number of ether oxygens (including phenoxy) is 1. The van der Waals surface area contributed by atoms with Crippen molar-refractivity contribution >= 4 is 5.97 Å². The second-order valence-electron chi connectivity index (χ2n) is 3.69. The third-order valence-electron chi connectivity index (χ3n) is 2.48. The molecule has 0 aliphatic heterocycles. The van der Waals surface area contributed by atoms with Gasteiger partial charge in [-0.25, -0.2) is 9.78 Å². The van der Waals surface area contributed by atoms with E-state index < -0.39 is 12.1 Å². The molecule has 88 valence electrons. The summed E-state index contributed by atoms with van der Waals surface area (Å²) in [6, 6.07) is 0. The Labute approximate surface area is 88.8 Å². The van der Waals surface area contributed by atoms with Gasteiger partial charge in [0.1, 0.15) is 0 Å². The van der Waals surface area contributed by atoms with Gasteiger partial charge in [-0.05, 0) is 6.42 Å². The molecule has 2 rings (SSSR count). The number of rotatable bonds is 3. The smallest absolute Gasteiger partial charge is 0.459 e. The van der Waals surface area contributed by atoms with E-state index in [1.807, 2.05) is 0 Å². The number of aromatic amines is 1. The van der Waals surface area contributed by atoms with Crippen LogP contribution in [0.2, 0.25) is 0 Å². The summed E-state index contributed by atoms with van der Waals surface area (Å²) in [6.07, 6.45) is -1.00. The molecule has 1 aliphatic carbocycles.